The Kier molecular flexibility index (Phi) is 6.35. The summed E-state index contributed by atoms with van der Waals surface area (Å²) in [6.45, 7) is 1.96. The monoisotopic (exact) mass is 346 g/mol. The third-order valence-electron chi connectivity index (χ3n) is 5.85. The lowest BCUT2D eigenvalue weighted by molar-refractivity contribution is -0.151. The summed E-state index contributed by atoms with van der Waals surface area (Å²) in [5.41, 5.74) is 0.426. The Morgan fingerprint density at radius 2 is 1.80 bits per heavy atom. The minimum atomic E-state index is -0.576. The number of rotatable bonds is 6. The predicted octanol–water partition coefficient (Wildman–Crippen LogP) is 4.26. The Balaban J connectivity index is 1.59. The van der Waals surface area contributed by atoms with Gasteiger partial charge in [-0.15, -0.1) is 0 Å². The van der Waals surface area contributed by atoms with Crippen LogP contribution >= 0.6 is 0 Å². The third-order valence-corrected chi connectivity index (χ3v) is 5.85. The summed E-state index contributed by atoms with van der Waals surface area (Å²) >= 11 is 0. The van der Waals surface area contributed by atoms with Crippen molar-refractivity contribution in [1.82, 2.24) is 0 Å². The minimum absolute atomic E-state index is 0.165. The Morgan fingerprint density at radius 3 is 2.44 bits per heavy atom. The second-order valence-corrected chi connectivity index (χ2v) is 7.35. The summed E-state index contributed by atoms with van der Waals surface area (Å²) < 4.78 is 16.5. The molecule has 0 spiro atoms. The first-order valence-corrected chi connectivity index (χ1v) is 9.64. The van der Waals surface area contributed by atoms with E-state index in [9.17, 15) is 4.79 Å². The smallest absolute Gasteiger partial charge is 0.316 e. The van der Waals surface area contributed by atoms with Crippen LogP contribution in [0.25, 0.3) is 0 Å². The van der Waals surface area contributed by atoms with Gasteiger partial charge in [0.25, 0.3) is 0 Å². The molecule has 2 aliphatic rings. The minimum Gasteiger partial charge on any atom is -0.494 e. The number of methoxy groups -OCH3 is 1. The molecule has 1 aliphatic heterocycles. The maximum atomic E-state index is 12.4. The Morgan fingerprint density at radius 1 is 1.12 bits per heavy atom. The first-order valence-electron chi connectivity index (χ1n) is 9.64. The zero-order valence-electron chi connectivity index (χ0n) is 15.3. The van der Waals surface area contributed by atoms with Crippen molar-refractivity contribution in [2.45, 2.75) is 56.8 Å². The van der Waals surface area contributed by atoms with E-state index in [1.54, 1.807) is 0 Å². The van der Waals surface area contributed by atoms with Gasteiger partial charge in [0, 0.05) is 13.2 Å². The number of carbonyl (C=O) groups excluding carboxylic acids is 1. The van der Waals surface area contributed by atoms with Crippen LogP contribution in [0.3, 0.4) is 0 Å². The SMILES string of the molecule is COC(=O)C1(c2ccc(OCCC3CCCCC3)cc2)CCOCC1. The van der Waals surface area contributed by atoms with E-state index in [-0.39, 0.29) is 5.97 Å². The van der Waals surface area contributed by atoms with Crippen molar-refractivity contribution in [2.24, 2.45) is 5.92 Å². The fourth-order valence-electron chi connectivity index (χ4n) is 4.22. The lowest BCUT2D eigenvalue weighted by Gasteiger charge is -2.34. The van der Waals surface area contributed by atoms with E-state index in [1.165, 1.54) is 39.2 Å². The molecule has 1 saturated carbocycles. The maximum absolute atomic E-state index is 12.4. The van der Waals surface area contributed by atoms with Crippen LogP contribution in [-0.4, -0.2) is 32.9 Å². The van der Waals surface area contributed by atoms with Crippen molar-refractivity contribution in [3.63, 3.8) is 0 Å². The van der Waals surface area contributed by atoms with Crippen LogP contribution in [0.5, 0.6) is 5.75 Å². The van der Waals surface area contributed by atoms with Gasteiger partial charge in [0.2, 0.25) is 0 Å². The highest BCUT2D eigenvalue weighted by atomic mass is 16.5. The van der Waals surface area contributed by atoms with Crippen LogP contribution in [0.15, 0.2) is 24.3 Å². The van der Waals surface area contributed by atoms with Crippen molar-refractivity contribution in [3.8, 4) is 5.75 Å². The van der Waals surface area contributed by atoms with Gasteiger partial charge in [0.1, 0.15) is 5.75 Å². The van der Waals surface area contributed by atoms with Crippen LogP contribution in [-0.2, 0) is 19.7 Å². The summed E-state index contributed by atoms with van der Waals surface area (Å²) in [5, 5.41) is 0. The predicted molar refractivity (Wildman–Crippen MR) is 96.9 cm³/mol. The molecule has 4 nitrogen and oxygen atoms in total. The van der Waals surface area contributed by atoms with E-state index in [1.807, 2.05) is 24.3 Å². The highest BCUT2D eigenvalue weighted by molar-refractivity contribution is 5.83. The van der Waals surface area contributed by atoms with Crippen LogP contribution in [0.2, 0.25) is 0 Å². The molecule has 0 atom stereocenters. The molecular formula is C21H30O4. The molecule has 138 valence electrons. The molecule has 1 aromatic carbocycles. The molecule has 25 heavy (non-hydrogen) atoms. The molecule has 2 fully saturated rings. The zero-order valence-corrected chi connectivity index (χ0v) is 15.3. The lowest BCUT2D eigenvalue weighted by atomic mass is 9.74. The first kappa shape index (κ1) is 18.2. The lowest BCUT2D eigenvalue weighted by Crippen LogP contribution is -2.42. The molecule has 3 rings (SSSR count). The molecular weight excluding hydrogens is 316 g/mol. The molecule has 0 aromatic heterocycles. The quantitative estimate of drug-likeness (QED) is 0.722. The number of hydrogen-bond acceptors (Lipinski definition) is 4. The molecule has 4 heteroatoms. The highest BCUT2D eigenvalue weighted by Crippen LogP contribution is 2.37. The average molecular weight is 346 g/mol. The standard InChI is InChI=1S/C21H30O4/c1-23-20(22)21(12-15-24-16-13-21)18-7-9-19(10-8-18)25-14-11-17-5-3-2-4-6-17/h7-10,17H,2-6,11-16H2,1H3. The highest BCUT2D eigenvalue weighted by Gasteiger charge is 2.42. The molecule has 1 aromatic rings. The van der Waals surface area contributed by atoms with Crippen molar-refractivity contribution < 1.29 is 19.0 Å². The summed E-state index contributed by atoms with van der Waals surface area (Å²) in [6, 6.07) is 7.99. The van der Waals surface area contributed by atoms with Crippen molar-refractivity contribution >= 4 is 5.97 Å². The second kappa shape index (κ2) is 8.70. The van der Waals surface area contributed by atoms with E-state index in [4.69, 9.17) is 14.2 Å². The number of ether oxygens (including phenoxy) is 3. The number of esters is 1. The van der Waals surface area contributed by atoms with Gasteiger partial charge in [-0.1, -0.05) is 44.2 Å². The molecule has 1 aliphatic carbocycles. The molecule has 0 radical (unpaired) electrons. The molecule has 0 bridgehead atoms. The Labute approximate surface area is 150 Å². The molecule has 0 N–H and O–H groups in total. The molecule has 0 amide bonds. The van der Waals surface area contributed by atoms with Gasteiger partial charge in [-0.2, -0.15) is 0 Å². The van der Waals surface area contributed by atoms with Crippen molar-refractivity contribution in [3.05, 3.63) is 29.8 Å². The summed E-state index contributed by atoms with van der Waals surface area (Å²) in [6.07, 6.45) is 9.33. The zero-order chi connectivity index (χ0) is 17.5. The maximum Gasteiger partial charge on any atom is 0.316 e. The Hall–Kier alpha value is -1.55. The number of benzene rings is 1. The summed E-state index contributed by atoms with van der Waals surface area (Å²) in [7, 11) is 1.46. The van der Waals surface area contributed by atoms with Gasteiger partial charge < -0.3 is 14.2 Å². The largest absolute Gasteiger partial charge is 0.494 e. The van der Waals surface area contributed by atoms with E-state index >= 15 is 0 Å². The topological polar surface area (TPSA) is 44.8 Å². The van der Waals surface area contributed by atoms with Crippen molar-refractivity contribution in [1.29, 1.82) is 0 Å². The molecule has 0 unspecified atom stereocenters. The Bertz CT molecular complexity index is 540. The summed E-state index contributed by atoms with van der Waals surface area (Å²) in [5.74, 6) is 1.55. The van der Waals surface area contributed by atoms with E-state index in [0.29, 0.717) is 26.1 Å². The number of hydrogen-bond donors (Lipinski definition) is 0. The van der Waals surface area contributed by atoms with Crippen LogP contribution in [0.1, 0.15) is 56.9 Å². The van der Waals surface area contributed by atoms with Gasteiger partial charge in [0.15, 0.2) is 0 Å². The summed E-state index contributed by atoms with van der Waals surface area (Å²) in [4.78, 5) is 12.4. The number of carbonyl (C=O) groups is 1. The van der Waals surface area contributed by atoms with E-state index < -0.39 is 5.41 Å². The van der Waals surface area contributed by atoms with Gasteiger partial charge in [-0.05, 0) is 42.9 Å². The molecule has 1 heterocycles. The third kappa shape index (κ3) is 4.35. The van der Waals surface area contributed by atoms with Crippen LogP contribution in [0.4, 0.5) is 0 Å². The van der Waals surface area contributed by atoms with Crippen LogP contribution in [0, 0.1) is 5.92 Å². The normalized spacial score (nSPS) is 20.8. The van der Waals surface area contributed by atoms with E-state index in [0.717, 1.165) is 30.3 Å². The average Bonchev–Trinajstić information content (AvgIpc) is 2.69. The second-order valence-electron chi connectivity index (χ2n) is 7.35. The fraction of sp³-hybridized carbons (Fsp3) is 0.667. The van der Waals surface area contributed by atoms with Crippen LogP contribution < -0.4 is 4.74 Å². The van der Waals surface area contributed by atoms with Gasteiger partial charge >= 0.3 is 5.97 Å². The van der Waals surface area contributed by atoms with Gasteiger partial charge in [-0.25, -0.2) is 0 Å². The van der Waals surface area contributed by atoms with E-state index in [2.05, 4.69) is 0 Å². The molecule has 1 saturated heterocycles. The first-order chi connectivity index (χ1) is 12.2. The van der Waals surface area contributed by atoms with Gasteiger partial charge in [0.05, 0.1) is 19.1 Å². The van der Waals surface area contributed by atoms with Crippen molar-refractivity contribution in [2.75, 3.05) is 26.9 Å². The van der Waals surface area contributed by atoms with Gasteiger partial charge in [-0.3, -0.25) is 4.79 Å². The fourth-order valence-corrected chi connectivity index (χ4v) is 4.22.